The van der Waals surface area contributed by atoms with Crippen LogP contribution in [0.5, 0.6) is 0 Å². The molecule has 0 aliphatic carbocycles. The minimum atomic E-state index is -4.52. The van der Waals surface area contributed by atoms with Gasteiger partial charge in [0.1, 0.15) is 5.69 Å². The molecular formula is C18H12ClF3N2O5. The van der Waals surface area contributed by atoms with Crippen molar-refractivity contribution in [2.75, 3.05) is 11.9 Å². The van der Waals surface area contributed by atoms with Crippen LogP contribution >= 0.6 is 11.6 Å². The number of nitrogens with zero attached hydrogens (tertiary/aromatic N) is 1. The molecule has 1 amide bonds. The molecule has 2 aromatic carbocycles. The highest BCUT2D eigenvalue weighted by Crippen LogP contribution is 2.30. The summed E-state index contributed by atoms with van der Waals surface area (Å²) in [7, 11) is 0. The zero-order chi connectivity index (χ0) is 21.6. The van der Waals surface area contributed by atoms with Gasteiger partial charge in [0.15, 0.2) is 6.61 Å². The molecule has 0 fully saturated rings. The van der Waals surface area contributed by atoms with Crippen molar-refractivity contribution in [3.8, 4) is 0 Å². The van der Waals surface area contributed by atoms with Crippen molar-refractivity contribution < 1.29 is 32.4 Å². The predicted octanol–water partition coefficient (Wildman–Crippen LogP) is 4.46. The monoisotopic (exact) mass is 428 g/mol. The predicted molar refractivity (Wildman–Crippen MR) is 98.2 cm³/mol. The molecule has 0 heterocycles. The molecule has 7 nitrogen and oxygen atoms in total. The van der Waals surface area contributed by atoms with E-state index in [0.717, 1.165) is 30.4 Å². The minimum absolute atomic E-state index is 0.0980. The highest BCUT2D eigenvalue weighted by Gasteiger charge is 2.30. The van der Waals surface area contributed by atoms with E-state index in [4.69, 9.17) is 11.6 Å². The number of hydrogen-bond donors (Lipinski definition) is 1. The van der Waals surface area contributed by atoms with Gasteiger partial charge in [-0.05, 0) is 35.9 Å². The lowest BCUT2D eigenvalue weighted by Gasteiger charge is -2.07. The number of carbonyl (C=O) groups is 2. The molecule has 0 unspecified atom stereocenters. The molecule has 0 saturated carbocycles. The lowest BCUT2D eigenvalue weighted by molar-refractivity contribution is -0.383. The molecule has 0 bridgehead atoms. The number of nitro groups is 1. The van der Waals surface area contributed by atoms with Gasteiger partial charge >= 0.3 is 12.1 Å². The average Bonchev–Trinajstić information content (AvgIpc) is 2.65. The summed E-state index contributed by atoms with van der Waals surface area (Å²) < 4.78 is 42.6. The molecule has 29 heavy (non-hydrogen) atoms. The fourth-order valence-corrected chi connectivity index (χ4v) is 2.28. The van der Waals surface area contributed by atoms with Crippen LogP contribution < -0.4 is 5.32 Å². The van der Waals surface area contributed by atoms with Crippen molar-refractivity contribution in [3.05, 3.63) is 74.8 Å². The summed E-state index contributed by atoms with van der Waals surface area (Å²) in [4.78, 5) is 33.7. The molecule has 0 saturated heterocycles. The van der Waals surface area contributed by atoms with E-state index >= 15 is 0 Å². The Morgan fingerprint density at radius 2 is 1.93 bits per heavy atom. The lowest BCUT2D eigenvalue weighted by atomic mass is 10.1. The number of rotatable bonds is 6. The first-order valence-corrected chi connectivity index (χ1v) is 8.20. The third-order valence-corrected chi connectivity index (χ3v) is 3.64. The van der Waals surface area contributed by atoms with Crippen molar-refractivity contribution in [2.45, 2.75) is 6.18 Å². The SMILES string of the molecule is O=C(COC(=O)/C=C/c1cccc(C(F)(F)F)c1)Nc1ccc(Cl)cc1[N+](=O)[O-]. The molecule has 152 valence electrons. The Morgan fingerprint density at radius 3 is 2.59 bits per heavy atom. The van der Waals surface area contributed by atoms with Gasteiger partial charge in [-0.3, -0.25) is 14.9 Å². The summed E-state index contributed by atoms with van der Waals surface area (Å²) in [6.07, 6.45) is -2.57. The maximum atomic E-state index is 12.6. The summed E-state index contributed by atoms with van der Waals surface area (Å²) in [5.74, 6) is -1.83. The van der Waals surface area contributed by atoms with Crippen molar-refractivity contribution >= 4 is 40.9 Å². The molecule has 0 aliphatic rings. The average molecular weight is 429 g/mol. The van der Waals surface area contributed by atoms with E-state index in [0.29, 0.717) is 0 Å². The van der Waals surface area contributed by atoms with E-state index in [2.05, 4.69) is 10.1 Å². The second-order valence-corrected chi connectivity index (χ2v) is 5.97. The number of anilines is 1. The van der Waals surface area contributed by atoms with Crippen molar-refractivity contribution in [1.82, 2.24) is 0 Å². The number of ether oxygens (including phenoxy) is 1. The lowest BCUT2D eigenvalue weighted by Crippen LogP contribution is -2.20. The topological polar surface area (TPSA) is 98.5 Å². The van der Waals surface area contributed by atoms with E-state index in [-0.39, 0.29) is 16.3 Å². The highest BCUT2D eigenvalue weighted by atomic mass is 35.5. The van der Waals surface area contributed by atoms with Gasteiger partial charge in [-0.1, -0.05) is 23.7 Å². The van der Waals surface area contributed by atoms with Crippen LogP contribution in [0.4, 0.5) is 24.5 Å². The van der Waals surface area contributed by atoms with Crippen LogP contribution in [-0.2, 0) is 20.5 Å². The summed E-state index contributed by atoms with van der Waals surface area (Å²) in [6, 6.07) is 7.85. The number of carbonyl (C=O) groups excluding carboxylic acids is 2. The molecule has 0 aliphatic heterocycles. The van der Waals surface area contributed by atoms with Gasteiger partial charge in [0.2, 0.25) is 0 Å². The Hall–Kier alpha value is -3.40. The van der Waals surface area contributed by atoms with Crippen LogP contribution in [0.1, 0.15) is 11.1 Å². The molecule has 2 aromatic rings. The van der Waals surface area contributed by atoms with Crippen LogP contribution in [-0.4, -0.2) is 23.4 Å². The Morgan fingerprint density at radius 1 is 1.21 bits per heavy atom. The fourth-order valence-electron chi connectivity index (χ4n) is 2.12. The number of halogens is 4. The van der Waals surface area contributed by atoms with Crippen LogP contribution in [0.2, 0.25) is 5.02 Å². The van der Waals surface area contributed by atoms with Gasteiger partial charge in [-0.2, -0.15) is 13.2 Å². The molecule has 0 spiro atoms. The summed E-state index contributed by atoms with van der Waals surface area (Å²) in [5, 5.41) is 13.3. The molecule has 1 N–H and O–H groups in total. The molecule has 11 heteroatoms. The summed E-state index contributed by atoms with van der Waals surface area (Å²) in [5.41, 5.74) is -1.35. The van der Waals surface area contributed by atoms with Crippen molar-refractivity contribution in [2.24, 2.45) is 0 Å². The second-order valence-electron chi connectivity index (χ2n) is 5.53. The largest absolute Gasteiger partial charge is 0.452 e. The van der Waals surface area contributed by atoms with Gasteiger partial charge in [-0.15, -0.1) is 0 Å². The van der Waals surface area contributed by atoms with Crippen molar-refractivity contribution in [3.63, 3.8) is 0 Å². The van der Waals surface area contributed by atoms with E-state index in [1.165, 1.54) is 24.3 Å². The first-order valence-electron chi connectivity index (χ1n) is 7.82. The van der Waals surface area contributed by atoms with Crippen LogP contribution in [0.25, 0.3) is 6.08 Å². The van der Waals surface area contributed by atoms with Crippen LogP contribution in [0.15, 0.2) is 48.5 Å². The second kappa shape index (κ2) is 9.20. The van der Waals surface area contributed by atoms with E-state index < -0.39 is 40.8 Å². The molecular weight excluding hydrogens is 417 g/mol. The number of alkyl halides is 3. The Bertz CT molecular complexity index is 976. The zero-order valence-corrected chi connectivity index (χ0v) is 15.2. The normalized spacial score (nSPS) is 11.3. The van der Waals surface area contributed by atoms with Gasteiger partial charge in [-0.25, -0.2) is 4.79 Å². The van der Waals surface area contributed by atoms with Crippen molar-refractivity contribution in [1.29, 1.82) is 0 Å². The van der Waals surface area contributed by atoms with E-state index in [9.17, 15) is 32.9 Å². The summed E-state index contributed by atoms with van der Waals surface area (Å²) in [6.45, 7) is -0.758. The number of esters is 1. The number of amides is 1. The minimum Gasteiger partial charge on any atom is -0.452 e. The van der Waals surface area contributed by atoms with E-state index in [1.54, 1.807) is 0 Å². The fraction of sp³-hybridized carbons (Fsp3) is 0.111. The maximum absolute atomic E-state index is 12.6. The van der Waals surface area contributed by atoms with Gasteiger partial charge < -0.3 is 10.1 Å². The molecule has 0 aromatic heterocycles. The first-order chi connectivity index (χ1) is 13.6. The third kappa shape index (κ3) is 6.61. The zero-order valence-electron chi connectivity index (χ0n) is 14.4. The first kappa shape index (κ1) is 21.9. The van der Waals surface area contributed by atoms with Gasteiger partial charge in [0.25, 0.3) is 11.6 Å². The number of hydrogen-bond acceptors (Lipinski definition) is 5. The van der Waals surface area contributed by atoms with E-state index in [1.807, 2.05) is 0 Å². The quantitative estimate of drug-likeness (QED) is 0.317. The number of benzene rings is 2. The summed E-state index contributed by atoms with van der Waals surface area (Å²) >= 11 is 5.66. The molecule has 2 rings (SSSR count). The number of nitrogens with one attached hydrogen (secondary N) is 1. The highest BCUT2D eigenvalue weighted by molar-refractivity contribution is 6.31. The molecule has 0 radical (unpaired) electrons. The van der Waals surface area contributed by atoms with Crippen LogP contribution in [0, 0.1) is 10.1 Å². The van der Waals surface area contributed by atoms with Gasteiger partial charge in [0, 0.05) is 17.2 Å². The smallest absolute Gasteiger partial charge is 0.416 e. The third-order valence-electron chi connectivity index (χ3n) is 3.40. The van der Waals surface area contributed by atoms with Gasteiger partial charge in [0.05, 0.1) is 10.5 Å². The van der Waals surface area contributed by atoms with Crippen LogP contribution in [0.3, 0.4) is 0 Å². The Kier molecular flexibility index (Phi) is 6.94. The number of nitro benzene ring substituents is 1. The Balaban J connectivity index is 1.94. The maximum Gasteiger partial charge on any atom is 0.416 e. The molecule has 0 atom stereocenters. The Labute approximate surface area is 166 Å². The standard InChI is InChI=1S/C18H12ClF3N2O5/c19-13-5-6-14(15(9-13)24(27)28)23-16(25)10-29-17(26)7-4-11-2-1-3-12(8-11)18(20,21)22/h1-9H,10H2,(H,23,25)/b7-4+.